The third kappa shape index (κ3) is 3.43. The molecule has 0 fully saturated rings. The zero-order valence-electron chi connectivity index (χ0n) is 13.0. The summed E-state index contributed by atoms with van der Waals surface area (Å²) < 4.78 is 5.15. The van der Waals surface area contributed by atoms with Crippen molar-refractivity contribution in [2.75, 3.05) is 12.4 Å². The second-order valence-corrected chi connectivity index (χ2v) is 7.18. The van der Waals surface area contributed by atoms with Gasteiger partial charge in [0, 0.05) is 15.8 Å². The van der Waals surface area contributed by atoms with Crippen molar-refractivity contribution in [3.63, 3.8) is 0 Å². The molecule has 118 valence electrons. The highest BCUT2D eigenvalue weighted by molar-refractivity contribution is 7.15. The summed E-state index contributed by atoms with van der Waals surface area (Å²) in [4.78, 5) is 18.6. The number of carbonyl (C=O) groups is 1. The van der Waals surface area contributed by atoms with E-state index in [1.165, 1.54) is 22.7 Å². The number of thiophene rings is 1. The largest absolute Gasteiger partial charge is 0.497 e. The van der Waals surface area contributed by atoms with Gasteiger partial charge in [0.25, 0.3) is 5.91 Å². The molecule has 4 nitrogen and oxygen atoms in total. The van der Waals surface area contributed by atoms with Gasteiger partial charge < -0.3 is 4.74 Å². The highest BCUT2D eigenvalue weighted by Gasteiger charge is 2.13. The summed E-state index contributed by atoms with van der Waals surface area (Å²) in [5.74, 6) is 0.697. The maximum absolute atomic E-state index is 12.3. The highest BCUT2D eigenvalue weighted by Crippen LogP contribution is 2.27. The van der Waals surface area contributed by atoms with Crippen molar-refractivity contribution in [2.45, 2.75) is 13.8 Å². The number of hydrogen-bond acceptors (Lipinski definition) is 5. The molecule has 0 aliphatic rings. The van der Waals surface area contributed by atoms with Gasteiger partial charge >= 0.3 is 0 Å². The predicted octanol–water partition coefficient (Wildman–Crippen LogP) is 4.75. The molecule has 2 aromatic heterocycles. The lowest BCUT2D eigenvalue weighted by atomic mass is 10.2. The number of nitrogens with one attached hydrogen (secondary N) is 1. The van der Waals surface area contributed by atoms with Gasteiger partial charge in [0.15, 0.2) is 5.13 Å². The Bertz CT molecular complexity index is 815. The van der Waals surface area contributed by atoms with Crippen molar-refractivity contribution in [1.82, 2.24) is 4.98 Å². The van der Waals surface area contributed by atoms with E-state index in [-0.39, 0.29) is 5.91 Å². The van der Waals surface area contributed by atoms with Crippen LogP contribution in [0.2, 0.25) is 0 Å². The molecule has 0 unspecified atom stereocenters. The Morgan fingerprint density at radius 3 is 2.57 bits per heavy atom. The van der Waals surface area contributed by atoms with Gasteiger partial charge in [-0.2, -0.15) is 0 Å². The highest BCUT2D eigenvalue weighted by atomic mass is 32.1. The lowest BCUT2D eigenvalue weighted by molar-refractivity contribution is 0.103. The molecular weight excluding hydrogens is 328 g/mol. The molecule has 1 amide bonds. The van der Waals surface area contributed by atoms with Crippen LogP contribution in [-0.2, 0) is 0 Å². The molecule has 0 bridgehead atoms. The van der Waals surface area contributed by atoms with E-state index < -0.39 is 0 Å². The molecule has 0 spiro atoms. The van der Waals surface area contributed by atoms with Gasteiger partial charge in [0.2, 0.25) is 0 Å². The van der Waals surface area contributed by atoms with Crippen molar-refractivity contribution in [3.05, 3.63) is 51.0 Å². The Kier molecular flexibility index (Phi) is 4.45. The predicted molar refractivity (Wildman–Crippen MR) is 95.8 cm³/mol. The van der Waals surface area contributed by atoms with Gasteiger partial charge in [0.1, 0.15) is 5.75 Å². The molecule has 6 heteroatoms. The molecule has 3 aromatic rings. The number of nitrogens with zero attached hydrogens (tertiary/aromatic N) is 1. The number of ether oxygens (including phenoxy) is 1. The number of benzene rings is 1. The molecule has 0 atom stereocenters. The van der Waals surface area contributed by atoms with Gasteiger partial charge in [0.05, 0.1) is 17.7 Å². The van der Waals surface area contributed by atoms with E-state index >= 15 is 0 Å². The quantitative estimate of drug-likeness (QED) is 0.743. The number of thiazole rings is 1. The molecular formula is C17H16N2O2S2. The third-order valence-electron chi connectivity index (χ3n) is 3.50. The summed E-state index contributed by atoms with van der Waals surface area (Å²) in [6.45, 7) is 4.02. The van der Waals surface area contributed by atoms with Gasteiger partial charge in [-0.1, -0.05) is 0 Å². The first-order chi connectivity index (χ1) is 11.1. The van der Waals surface area contributed by atoms with Crippen molar-refractivity contribution in [1.29, 1.82) is 0 Å². The zero-order valence-corrected chi connectivity index (χ0v) is 14.7. The minimum Gasteiger partial charge on any atom is -0.497 e. The average molecular weight is 344 g/mol. The van der Waals surface area contributed by atoms with Crippen LogP contribution in [0.1, 0.15) is 20.1 Å². The van der Waals surface area contributed by atoms with Crippen LogP contribution in [0.5, 0.6) is 5.75 Å². The number of aromatic nitrogens is 1. The Hall–Kier alpha value is -2.18. The Morgan fingerprint density at radius 1 is 1.22 bits per heavy atom. The number of methoxy groups -OCH3 is 1. The molecule has 0 radical (unpaired) electrons. The summed E-state index contributed by atoms with van der Waals surface area (Å²) in [6.07, 6.45) is 0. The smallest absolute Gasteiger partial charge is 0.267 e. The Balaban J connectivity index is 1.74. The maximum atomic E-state index is 12.3. The molecule has 23 heavy (non-hydrogen) atoms. The number of hydrogen-bond donors (Lipinski definition) is 1. The first-order valence-corrected chi connectivity index (χ1v) is 8.75. The lowest BCUT2D eigenvalue weighted by Gasteiger charge is -2.01. The average Bonchev–Trinajstić information content (AvgIpc) is 3.15. The lowest BCUT2D eigenvalue weighted by Crippen LogP contribution is -2.09. The first-order valence-electron chi connectivity index (χ1n) is 7.05. The maximum Gasteiger partial charge on any atom is 0.267 e. The summed E-state index contributed by atoms with van der Waals surface area (Å²) in [6, 6.07) is 9.60. The fraction of sp³-hybridized carbons (Fsp3) is 0.176. The van der Waals surface area contributed by atoms with Crippen LogP contribution in [0.25, 0.3) is 11.3 Å². The standard InChI is InChI=1S/C17H16N2O2S2/c1-10-8-15(23-11(10)2)16(20)19-17-18-14(9-22-17)12-4-6-13(21-3)7-5-12/h4-9H,1-3H3,(H,18,19,20). The summed E-state index contributed by atoms with van der Waals surface area (Å²) >= 11 is 2.92. The van der Waals surface area contributed by atoms with Crippen LogP contribution in [0, 0.1) is 13.8 Å². The van der Waals surface area contributed by atoms with Crippen LogP contribution in [-0.4, -0.2) is 18.0 Å². The summed E-state index contributed by atoms with van der Waals surface area (Å²) in [5, 5.41) is 5.40. The van der Waals surface area contributed by atoms with Gasteiger partial charge in [-0.25, -0.2) is 4.98 Å². The van der Waals surface area contributed by atoms with Crippen molar-refractivity contribution < 1.29 is 9.53 Å². The molecule has 1 aromatic carbocycles. The minimum atomic E-state index is -0.109. The van der Waals surface area contributed by atoms with E-state index in [0.29, 0.717) is 10.0 Å². The van der Waals surface area contributed by atoms with E-state index in [9.17, 15) is 4.79 Å². The van der Waals surface area contributed by atoms with Crippen LogP contribution < -0.4 is 10.1 Å². The zero-order chi connectivity index (χ0) is 16.4. The van der Waals surface area contributed by atoms with Crippen LogP contribution >= 0.6 is 22.7 Å². The SMILES string of the molecule is COc1ccc(-c2csc(NC(=O)c3cc(C)c(C)s3)n2)cc1. The second-order valence-electron chi connectivity index (χ2n) is 5.07. The van der Waals surface area contributed by atoms with Crippen LogP contribution in [0.3, 0.4) is 0 Å². The number of carbonyl (C=O) groups excluding carboxylic acids is 1. The van der Waals surface area contributed by atoms with Crippen LogP contribution in [0.4, 0.5) is 5.13 Å². The van der Waals surface area contributed by atoms with Crippen molar-refractivity contribution >= 4 is 33.7 Å². The van der Waals surface area contributed by atoms with Crippen molar-refractivity contribution in [2.24, 2.45) is 0 Å². The normalized spacial score (nSPS) is 10.6. The fourth-order valence-electron chi connectivity index (χ4n) is 2.07. The minimum absolute atomic E-state index is 0.109. The summed E-state index contributed by atoms with van der Waals surface area (Å²) in [7, 11) is 1.64. The summed E-state index contributed by atoms with van der Waals surface area (Å²) in [5.41, 5.74) is 2.97. The van der Waals surface area contributed by atoms with Gasteiger partial charge in [-0.15, -0.1) is 22.7 Å². The molecule has 0 aliphatic heterocycles. The van der Waals surface area contributed by atoms with E-state index in [2.05, 4.69) is 10.3 Å². The second kappa shape index (κ2) is 6.52. The van der Waals surface area contributed by atoms with E-state index in [0.717, 1.165) is 27.4 Å². The number of anilines is 1. The fourth-order valence-corrected chi connectivity index (χ4v) is 3.71. The van der Waals surface area contributed by atoms with Crippen molar-refractivity contribution in [3.8, 4) is 17.0 Å². The molecule has 0 saturated heterocycles. The first kappa shape index (κ1) is 15.7. The molecule has 1 N–H and O–H groups in total. The molecule has 2 heterocycles. The van der Waals surface area contributed by atoms with Gasteiger partial charge in [-0.3, -0.25) is 10.1 Å². The van der Waals surface area contributed by atoms with E-state index in [4.69, 9.17) is 4.74 Å². The Labute approximate surface area is 142 Å². The number of aryl methyl sites for hydroxylation is 2. The Morgan fingerprint density at radius 2 is 1.96 bits per heavy atom. The number of rotatable bonds is 4. The molecule has 3 rings (SSSR count). The monoisotopic (exact) mass is 344 g/mol. The van der Waals surface area contributed by atoms with E-state index in [1.54, 1.807) is 7.11 Å². The topological polar surface area (TPSA) is 51.2 Å². The van der Waals surface area contributed by atoms with E-state index in [1.807, 2.05) is 49.6 Å². The number of amides is 1. The van der Waals surface area contributed by atoms with Gasteiger partial charge in [-0.05, 0) is 49.7 Å². The molecule has 0 saturated carbocycles. The molecule has 0 aliphatic carbocycles. The van der Waals surface area contributed by atoms with Crippen LogP contribution in [0.15, 0.2) is 35.7 Å². The third-order valence-corrected chi connectivity index (χ3v) is 5.41.